The average Bonchev–Trinajstić information content (AvgIpc) is 2.36. The van der Waals surface area contributed by atoms with E-state index >= 15 is 0 Å². The fraction of sp³-hybridized carbons (Fsp3) is 0.533. The van der Waals surface area contributed by atoms with Gasteiger partial charge in [0.05, 0.1) is 7.11 Å². The van der Waals surface area contributed by atoms with E-state index in [-0.39, 0.29) is 11.8 Å². The Labute approximate surface area is 103 Å². The SMILES string of the molecule is COc1ccc(C[C@@H]2CCC[C@@H](C)C2=O)cc1. The van der Waals surface area contributed by atoms with Crippen LogP contribution in [0.3, 0.4) is 0 Å². The topological polar surface area (TPSA) is 26.3 Å². The van der Waals surface area contributed by atoms with Gasteiger partial charge < -0.3 is 4.74 Å². The van der Waals surface area contributed by atoms with Crippen LogP contribution in [0.1, 0.15) is 31.7 Å². The van der Waals surface area contributed by atoms with Crippen LogP contribution in [0.2, 0.25) is 0 Å². The number of ether oxygens (including phenoxy) is 1. The number of hydrogen-bond donors (Lipinski definition) is 0. The van der Waals surface area contributed by atoms with Crippen molar-refractivity contribution in [2.24, 2.45) is 11.8 Å². The summed E-state index contributed by atoms with van der Waals surface area (Å²) in [7, 11) is 1.67. The summed E-state index contributed by atoms with van der Waals surface area (Å²) in [5.41, 5.74) is 1.23. The van der Waals surface area contributed by atoms with E-state index in [2.05, 4.69) is 19.1 Å². The van der Waals surface area contributed by atoms with Crippen LogP contribution in [0.25, 0.3) is 0 Å². The van der Waals surface area contributed by atoms with Crippen molar-refractivity contribution in [3.63, 3.8) is 0 Å². The summed E-state index contributed by atoms with van der Waals surface area (Å²) in [4.78, 5) is 12.0. The molecule has 0 aliphatic heterocycles. The predicted octanol–water partition coefficient (Wildman–Crippen LogP) is 3.24. The predicted molar refractivity (Wildman–Crippen MR) is 68.2 cm³/mol. The van der Waals surface area contributed by atoms with Gasteiger partial charge in [0.25, 0.3) is 0 Å². The average molecular weight is 232 g/mol. The number of rotatable bonds is 3. The molecule has 2 heteroatoms. The highest BCUT2D eigenvalue weighted by atomic mass is 16.5. The first-order valence-corrected chi connectivity index (χ1v) is 6.37. The molecule has 0 N–H and O–H groups in total. The van der Waals surface area contributed by atoms with E-state index in [1.165, 1.54) is 12.0 Å². The first kappa shape index (κ1) is 12.2. The Kier molecular flexibility index (Phi) is 3.82. The van der Waals surface area contributed by atoms with Crippen molar-refractivity contribution in [2.75, 3.05) is 7.11 Å². The zero-order chi connectivity index (χ0) is 12.3. The Bertz CT molecular complexity index is 380. The van der Waals surface area contributed by atoms with Crippen LogP contribution in [0.15, 0.2) is 24.3 Å². The molecule has 1 saturated carbocycles. The number of ketones is 1. The normalized spacial score (nSPS) is 24.7. The van der Waals surface area contributed by atoms with Gasteiger partial charge in [-0.15, -0.1) is 0 Å². The van der Waals surface area contributed by atoms with E-state index in [9.17, 15) is 4.79 Å². The van der Waals surface area contributed by atoms with Crippen molar-refractivity contribution in [1.29, 1.82) is 0 Å². The minimum absolute atomic E-state index is 0.229. The fourth-order valence-corrected chi connectivity index (χ4v) is 2.61. The standard InChI is InChI=1S/C15H20O2/c1-11-4-3-5-13(15(11)16)10-12-6-8-14(17-2)9-7-12/h6-9,11,13H,3-5,10H2,1-2H3/t11-,13+/m1/s1. The highest BCUT2D eigenvalue weighted by Crippen LogP contribution is 2.28. The molecule has 0 aromatic heterocycles. The monoisotopic (exact) mass is 232 g/mol. The van der Waals surface area contributed by atoms with Crippen LogP contribution < -0.4 is 4.74 Å². The zero-order valence-electron chi connectivity index (χ0n) is 10.6. The number of methoxy groups -OCH3 is 1. The lowest BCUT2D eigenvalue weighted by Gasteiger charge is -2.25. The molecule has 17 heavy (non-hydrogen) atoms. The molecule has 92 valence electrons. The van der Waals surface area contributed by atoms with Gasteiger partial charge >= 0.3 is 0 Å². The first-order chi connectivity index (χ1) is 8.20. The molecule has 1 aromatic carbocycles. The molecular weight excluding hydrogens is 212 g/mol. The molecule has 2 nitrogen and oxygen atoms in total. The quantitative estimate of drug-likeness (QED) is 0.799. The Morgan fingerprint density at radius 3 is 2.59 bits per heavy atom. The lowest BCUT2D eigenvalue weighted by molar-refractivity contribution is -0.128. The van der Waals surface area contributed by atoms with Crippen molar-refractivity contribution < 1.29 is 9.53 Å². The van der Waals surface area contributed by atoms with Gasteiger partial charge in [-0.2, -0.15) is 0 Å². The van der Waals surface area contributed by atoms with E-state index in [1.807, 2.05) is 12.1 Å². The van der Waals surface area contributed by atoms with Gasteiger partial charge in [-0.3, -0.25) is 4.79 Å². The maximum atomic E-state index is 12.0. The van der Waals surface area contributed by atoms with E-state index < -0.39 is 0 Å². The molecule has 2 rings (SSSR count). The molecule has 1 fully saturated rings. The molecule has 0 amide bonds. The first-order valence-electron chi connectivity index (χ1n) is 6.37. The van der Waals surface area contributed by atoms with Crippen LogP contribution in [0, 0.1) is 11.8 Å². The van der Waals surface area contributed by atoms with Gasteiger partial charge in [-0.05, 0) is 37.0 Å². The van der Waals surface area contributed by atoms with Crippen LogP contribution in [-0.4, -0.2) is 12.9 Å². The summed E-state index contributed by atoms with van der Waals surface area (Å²) in [6.07, 6.45) is 4.19. The van der Waals surface area contributed by atoms with Crippen LogP contribution >= 0.6 is 0 Å². The molecule has 0 unspecified atom stereocenters. The van der Waals surface area contributed by atoms with Crippen molar-refractivity contribution in [3.05, 3.63) is 29.8 Å². The van der Waals surface area contributed by atoms with Crippen LogP contribution in [-0.2, 0) is 11.2 Å². The van der Waals surface area contributed by atoms with E-state index in [1.54, 1.807) is 7.11 Å². The summed E-state index contributed by atoms with van der Waals surface area (Å²) >= 11 is 0. The Morgan fingerprint density at radius 2 is 1.94 bits per heavy atom. The third-order valence-corrected chi connectivity index (χ3v) is 3.72. The highest BCUT2D eigenvalue weighted by Gasteiger charge is 2.27. The van der Waals surface area contributed by atoms with Gasteiger partial charge in [-0.1, -0.05) is 25.5 Å². The molecule has 1 aliphatic rings. The lowest BCUT2D eigenvalue weighted by atomic mass is 9.78. The Morgan fingerprint density at radius 1 is 1.24 bits per heavy atom. The lowest BCUT2D eigenvalue weighted by Crippen LogP contribution is -2.28. The highest BCUT2D eigenvalue weighted by molar-refractivity contribution is 5.84. The van der Waals surface area contributed by atoms with Crippen molar-refractivity contribution >= 4 is 5.78 Å². The minimum atomic E-state index is 0.229. The van der Waals surface area contributed by atoms with Crippen molar-refractivity contribution in [2.45, 2.75) is 32.6 Å². The molecular formula is C15H20O2. The third-order valence-electron chi connectivity index (χ3n) is 3.72. The Hall–Kier alpha value is -1.31. The maximum absolute atomic E-state index is 12.0. The number of carbonyl (C=O) groups excluding carboxylic acids is 1. The second-order valence-electron chi connectivity index (χ2n) is 4.98. The summed E-state index contributed by atoms with van der Waals surface area (Å²) < 4.78 is 5.13. The van der Waals surface area contributed by atoms with Crippen LogP contribution in [0.4, 0.5) is 0 Å². The molecule has 0 heterocycles. The van der Waals surface area contributed by atoms with E-state index in [0.29, 0.717) is 5.78 Å². The molecule has 0 bridgehead atoms. The molecule has 0 saturated heterocycles. The summed E-state index contributed by atoms with van der Waals surface area (Å²) in [6.45, 7) is 2.06. The molecule has 2 atom stereocenters. The van der Waals surface area contributed by atoms with Gasteiger partial charge in [0, 0.05) is 11.8 Å². The second kappa shape index (κ2) is 5.35. The van der Waals surface area contributed by atoms with Crippen molar-refractivity contribution in [1.82, 2.24) is 0 Å². The number of benzene rings is 1. The Balaban J connectivity index is 2.01. The second-order valence-corrected chi connectivity index (χ2v) is 4.98. The maximum Gasteiger partial charge on any atom is 0.139 e. The molecule has 0 spiro atoms. The fourth-order valence-electron chi connectivity index (χ4n) is 2.61. The van der Waals surface area contributed by atoms with Crippen molar-refractivity contribution in [3.8, 4) is 5.75 Å². The summed E-state index contributed by atoms with van der Waals surface area (Å²) in [5.74, 6) is 1.81. The molecule has 1 aromatic rings. The summed E-state index contributed by atoms with van der Waals surface area (Å²) in [5, 5.41) is 0. The number of hydrogen-bond acceptors (Lipinski definition) is 2. The molecule has 0 radical (unpaired) electrons. The van der Waals surface area contributed by atoms with E-state index in [4.69, 9.17) is 4.74 Å². The summed E-state index contributed by atoms with van der Waals surface area (Å²) in [6, 6.07) is 8.05. The van der Waals surface area contributed by atoms with E-state index in [0.717, 1.165) is 25.0 Å². The smallest absolute Gasteiger partial charge is 0.139 e. The minimum Gasteiger partial charge on any atom is -0.497 e. The largest absolute Gasteiger partial charge is 0.497 e. The molecule has 1 aliphatic carbocycles. The van der Waals surface area contributed by atoms with Crippen LogP contribution in [0.5, 0.6) is 5.75 Å². The van der Waals surface area contributed by atoms with Gasteiger partial charge in [0.1, 0.15) is 11.5 Å². The third kappa shape index (κ3) is 2.87. The van der Waals surface area contributed by atoms with Gasteiger partial charge in [0.15, 0.2) is 0 Å². The number of carbonyl (C=O) groups is 1. The zero-order valence-corrected chi connectivity index (χ0v) is 10.6. The number of Topliss-reactive ketones (excluding diaryl/α,β-unsaturated/α-hetero) is 1. The van der Waals surface area contributed by atoms with Gasteiger partial charge in [-0.25, -0.2) is 0 Å². The van der Waals surface area contributed by atoms with Gasteiger partial charge in [0.2, 0.25) is 0 Å².